The Morgan fingerprint density at radius 3 is 2.58 bits per heavy atom. The zero-order valence-electron chi connectivity index (χ0n) is 11.7. The van der Waals surface area contributed by atoms with Gasteiger partial charge in [-0.05, 0) is 46.1 Å². The van der Waals surface area contributed by atoms with E-state index in [0.717, 1.165) is 18.5 Å². The van der Waals surface area contributed by atoms with Crippen molar-refractivity contribution in [3.05, 3.63) is 17.5 Å². The normalized spacial score (nSPS) is 23.3. The summed E-state index contributed by atoms with van der Waals surface area (Å²) in [6.07, 6.45) is 3.26. The van der Waals surface area contributed by atoms with Crippen molar-refractivity contribution in [3.63, 3.8) is 0 Å². The predicted octanol–water partition coefficient (Wildman–Crippen LogP) is 1.47. The molecule has 19 heavy (non-hydrogen) atoms. The Labute approximate surface area is 113 Å². The number of carbonyl (C=O) groups is 1. The fourth-order valence-corrected chi connectivity index (χ4v) is 2.70. The average molecular weight is 263 g/mol. The van der Waals surface area contributed by atoms with Gasteiger partial charge in [0.15, 0.2) is 0 Å². The molecule has 0 saturated carbocycles. The van der Waals surface area contributed by atoms with Crippen molar-refractivity contribution in [2.75, 3.05) is 5.43 Å². The van der Waals surface area contributed by atoms with Crippen LogP contribution in [0, 0.1) is 6.92 Å². The van der Waals surface area contributed by atoms with E-state index in [0.29, 0.717) is 5.69 Å². The Morgan fingerprint density at radius 2 is 2.00 bits per heavy atom. The summed E-state index contributed by atoms with van der Waals surface area (Å²) in [5, 5.41) is 0. The van der Waals surface area contributed by atoms with Gasteiger partial charge in [-0.3, -0.25) is 10.2 Å². The Hall–Kier alpha value is -1.69. The van der Waals surface area contributed by atoms with Crippen LogP contribution in [0.4, 0.5) is 5.95 Å². The molecule has 0 radical (unpaired) electrons. The molecule has 1 saturated heterocycles. The molecular weight excluding hydrogens is 242 g/mol. The number of hydrogen-bond donors (Lipinski definition) is 2. The Bertz CT molecular complexity index is 466. The van der Waals surface area contributed by atoms with E-state index in [1.54, 1.807) is 6.07 Å². The molecule has 2 atom stereocenters. The molecule has 1 aromatic heterocycles. The topological polar surface area (TPSA) is 84.1 Å². The molecule has 1 fully saturated rings. The number of hydrogen-bond acceptors (Lipinski definition) is 5. The highest BCUT2D eigenvalue weighted by Gasteiger charge is 2.30. The second kappa shape index (κ2) is 5.52. The van der Waals surface area contributed by atoms with Crippen LogP contribution in [-0.4, -0.2) is 32.9 Å². The molecule has 1 aliphatic heterocycles. The maximum Gasteiger partial charge on any atom is 0.273 e. The van der Waals surface area contributed by atoms with Crippen LogP contribution in [0.3, 0.4) is 0 Å². The highest BCUT2D eigenvalue weighted by atomic mass is 16.2. The minimum Gasteiger partial charge on any atom is -0.332 e. The molecule has 0 unspecified atom stereocenters. The Morgan fingerprint density at radius 1 is 1.37 bits per heavy atom. The van der Waals surface area contributed by atoms with Gasteiger partial charge in [0.1, 0.15) is 5.69 Å². The number of nitrogens with two attached hydrogens (primary N) is 1. The van der Waals surface area contributed by atoms with E-state index < -0.39 is 0 Å². The molecule has 1 aromatic rings. The minimum atomic E-state index is -0.0401. The van der Waals surface area contributed by atoms with E-state index in [9.17, 15) is 4.79 Å². The number of aromatic nitrogens is 2. The zero-order valence-corrected chi connectivity index (χ0v) is 11.7. The lowest BCUT2D eigenvalue weighted by molar-refractivity contribution is 0.0504. The fraction of sp³-hybridized carbons (Fsp3) is 0.615. The third-order valence-corrected chi connectivity index (χ3v) is 3.63. The summed E-state index contributed by atoms with van der Waals surface area (Å²) in [5.74, 6) is 5.56. The number of nitrogens with zero attached hydrogens (tertiary/aromatic N) is 3. The molecule has 2 heterocycles. The second-order valence-electron chi connectivity index (χ2n) is 5.20. The first kappa shape index (κ1) is 13.7. The Kier molecular flexibility index (Phi) is 3.99. The second-order valence-corrected chi connectivity index (χ2v) is 5.20. The van der Waals surface area contributed by atoms with E-state index in [2.05, 4.69) is 29.2 Å². The summed E-state index contributed by atoms with van der Waals surface area (Å²) in [7, 11) is 0. The van der Waals surface area contributed by atoms with Crippen LogP contribution in [0.1, 0.15) is 49.3 Å². The summed E-state index contributed by atoms with van der Waals surface area (Å²) in [6, 6.07) is 2.21. The largest absolute Gasteiger partial charge is 0.332 e. The highest BCUT2D eigenvalue weighted by molar-refractivity contribution is 5.93. The number of hydrazine groups is 1. The molecule has 6 heteroatoms. The van der Waals surface area contributed by atoms with Crippen molar-refractivity contribution < 1.29 is 4.79 Å². The van der Waals surface area contributed by atoms with Gasteiger partial charge >= 0.3 is 0 Å². The van der Waals surface area contributed by atoms with Crippen LogP contribution >= 0.6 is 0 Å². The standard InChI is InChI=1S/C13H21N5O/c1-8-7-11(16-13(15-8)17-14)12(19)18-9(2)5-4-6-10(18)3/h7,9-10H,4-6,14H2,1-3H3,(H,15,16,17)/t9-,10+. The number of carbonyl (C=O) groups excluding carboxylic acids is 1. The number of likely N-dealkylation sites (tertiary alicyclic amines) is 1. The third kappa shape index (κ3) is 2.84. The molecule has 0 bridgehead atoms. The summed E-state index contributed by atoms with van der Waals surface area (Å²) >= 11 is 0. The molecule has 1 amide bonds. The fourth-order valence-electron chi connectivity index (χ4n) is 2.70. The van der Waals surface area contributed by atoms with Crippen molar-refractivity contribution in [1.82, 2.24) is 14.9 Å². The molecule has 3 N–H and O–H groups in total. The van der Waals surface area contributed by atoms with Crippen molar-refractivity contribution in [2.45, 2.75) is 52.1 Å². The zero-order chi connectivity index (χ0) is 14.0. The van der Waals surface area contributed by atoms with Crippen LogP contribution in [0.2, 0.25) is 0 Å². The first-order chi connectivity index (χ1) is 9.02. The van der Waals surface area contributed by atoms with Gasteiger partial charge in [0.2, 0.25) is 5.95 Å². The van der Waals surface area contributed by atoms with Crippen molar-refractivity contribution in [1.29, 1.82) is 0 Å². The monoisotopic (exact) mass is 263 g/mol. The third-order valence-electron chi connectivity index (χ3n) is 3.63. The number of anilines is 1. The summed E-state index contributed by atoms with van der Waals surface area (Å²) in [4.78, 5) is 22.8. The van der Waals surface area contributed by atoms with Gasteiger partial charge < -0.3 is 4.90 Å². The lowest BCUT2D eigenvalue weighted by Gasteiger charge is -2.38. The highest BCUT2D eigenvalue weighted by Crippen LogP contribution is 2.24. The molecular formula is C13H21N5O. The molecule has 1 aliphatic rings. The van der Waals surface area contributed by atoms with Crippen LogP contribution in [0.5, 0.6) is 0 Å². The van der Waals surface area contributed by atoms with E-state index in [1.807, 2.05) is 11.8 Å². The smallest absolute Gasteiger partial charge is 0.273 e. The van der Waals surface area contributed by atoms with Gasteiger partial charge in [-0.2, -0.15) is 0 Å². The van der Waals surface area contributed by atoms with Crippen LogP contribution in [0.25, 0.3) is 0 Å². The summed E-state index contributed by atoms with van der Waals surface area (Å²) in [6.45, 7) is 6.00. The van der Waals surface area contributed by atoms with E-state index in [4.69, 9.17) is 5.84 Å². The van der Waals surface area contributed by atoms with Gasteiger partial charge in [0.25, 0.3) is 5.91 Å². The van der Waals surface area contributed by atoms with Gasteiger partial charge in [0, 0.05) is 17.8 Å². The predicted molar refractivity (Wildman–Crippen MR) is 73.5 cm³/mol. The number of piperidine rings is 1. The van der Waals surface area contributed by atoms with Gasteiger partial charge in [-0.1, -0.05) is 0 Å². The van der Waals surface area contributed by atoms with Crippen LogP contribution < -0.4 is 11.3 Å². The van der Waals surface area contributed by atoms with Crippen molar-refractivity contribution in [2.24, 2.45) is 5.84 Å². The van der Waals surface area contributed by atoms with E-state index >= 15 is 0 Å². The SMILES string of the molecule is Cc1cc(C(=O)N2[C@H](C)CCC[C@@H]2C)nc(NN)n1. The first-order valence-electron chi connectivity index (χ1n) is 6.68. The maximum atomic E-state index is 12.6. The lowest BCUT2D eigenvalue weighted by Crippen LogP contribution is -2.47. The quantitative estimate of drug-likeness (QED) is 0.623. The van der Waals surface area contributed by atoms with Crippen molar-refractivity contribution in [3.8, 4) is 0 Å². The van der Waals surface area contributed by atoms with Gasteiger partial charge in [-0.15, -0.1) is 0 Å². The lowest BCUT2D eigenvalue weighted by atomic mass is 9.97. The van der Waals surface area contributed by atoms with Crippen molar-refractivity contribution >= 4 is 11.9 Å². The minimum absolute atomic E-state index is 0.0401. The maximum absolute atomic E-state index is 12.6. The number of rotatable bonds is 2. The molecule has 6 nitrogen and oxygen atoms in total. The van der Waals surface area contributed by atoms with Gasteiger partial charge in [0.05, 0.1) is 0 Å². The average Bonchev–Trinajstić information content (AvgIpc) is 2.37. The molecule has 0 aliphatic carbocycles. The molecule has 2 rings (SSSR count). The number of nitrogens with one attached hydrogen (secondary N) is 1. The number of aryl methyl sites for hydroxylation is 1. The summed E-state index contributed by atoms with van der Waals surface area (Å²) < 4.78 is 0. The molecule has 0 aromatic carbocycles. The molecule has 0 spiro atoms. The van der Waals surface area contributed by atoms with Crippen LogP contribution in [-0.2, 0) is 0 Å². The Balaban J connectivity index is 2.30. The summed E-state index contributed by atoms with van der Waals surface area (Å²) in [5.41, 5.74) is 3.52. The number of nitrogen functional groups attached to an aromatic ring is 1. The van der Waals surface area contributed by atoms with Crippen LogP contribution in [0.15, 0.2) is 6.07 Å². The first-order valence-corrected chi connectivity index (χ1v) is 6.68. The number of amides is 1. The molecule has 104 valence electrons. The van der Waals surface area contributed by atoms with E-state index in [1.165, 1.54) is 6.42 Å². The van der Waals surface area contributed by atoms with Gasteiger partial charge in [-0.25, -0.2) is 15.8 Å². The van der Waals surface area contributed by atoms with E-state index in [-0.39, 0.29) is 23.9 Å².